The fourth-order valence-corrected chi connectivity index (χ4v) is 3.01. The molecule has 1 heterocycles. The number of ketones is 1. The highest BCUT2D eigenvalue weighted by Gasteiger charge is 2.34. The van der Waals surface area contributed by atoms with Gasteiger partial charge in [-0.2, -0.15) is 0 Å². The van der Waals surface area contributed by atoms with E-state index >= 15 is 0 Å². The van der Waals surface area contributed by atoms with Crippen molar-refractivity contribution < 1.29 is 19.1 Å². The number of ether oxygens (including phenoxy) is 1. The third kappa shape index (κ3) is 6.20. The molecule has 1 atom stereocenters. The van der Waals surface area contributed by atoms with E-state index in [0.717, 1.165) is 20.7 Å². The zero-order valence-corrected chi connectivity index (χ0v) is 16.7. The molecule has 0 aliphatic carbocycles. The molecule has 1 aromatic heterocycles. The van der Waals surface area contributed by atoms with Crippen molar-refractivity contribution in [3.05, 3.63) is 78.1 Å². The summed E-state index contributed by atoms with van der Waals surface area (Å²) in [7, 11) is 0. The predicted octanol–water partition coefficient (Wildman–Crippen LogP) is 1.50. The number of hydrogen-bond acceptors (Lipinski definition) is 7. The molecule has 10 heteroatoms. The van der Waals surface area contributed by atoms with E-state index in [1.54, 1.807) is 24.3 Å². The van der Waals surface area contributed by atoms with Gasteiger partial charge in [-0.05, 0) is 28.0 Å². The van der Waals surface area contributed by atoms with Gasteiger partial charge in [0.15, 0.2) is 11.9 Å². The van der Waals surface area contributed by atoms with E-state index < -0.39 is 24.7 Å². The van der Waals surface area contributed by atoms with Crippen LogP contribution in [0.3, 0.4) is 0 Å². The highest BCUT2D eigenvalue weighted by molar-refractivity contribution is 5.88. The van der Waals surface area contributed by atoms with Crippen molar-refractivity contribution in [1.82, 2.24) is 25.1 Å². The quantitative estimate of drug-likeness (QED) is 0.523. The van der Waals surface area contributed by atoms with E-state index in [4.69, 9.17) is 10.5 Å². The topological polar surface area (TPSA) is 133 Å². The zero-order valence-electron chi connectivity index (χ0n) is 16.7. The number of hydrogen-bond donors (Lipinski definition) is 1. The number of carbonyl (C=O) groups is 3. The molecule has 160 valence electrons. The zero-order chi connectivity index (χ0) is 22.1. The first-order valence-electron chi connectivity index (χ1n) is 9.59. The van der Waals surface area contributed by atoms with E-state index in [9.17, 15) is 14.4 Å². The number of primary amides is 1. The minimum absolute atomic E-state index is 0.0323. The molecule has 0 aliphatic rings. The third-order valence-corrected chi connectivity index (χ3v) is 4.47. The van der Waals surface area contributed by atoms with Gasteiger partial charge in [-0.15, -0.1) is 5.10 Å². The Bertz CT molecular complexity index is 995. The van der Waals surface area contributed by atoms with E-state index in [1.165, 1.54) is 6.33 Å². The number of tetrazole rings is 1. The van der Waals surface area contributed by atoms with Crippen LogP contribution in [0.5, 0.6) is 0 Å². The molecule has 31 heavy (non-hydrogen) atoms. The molecule has 0 fully saturated rings. The van der Waals surface area contributed by atoms with Crippen molar-refractivity contribution in [2.75, 3.05) is 6.54 Å². The van der Waals surface area contributed by atoms with Gasteiger partial charge in [0.05, 0.1) is 0 Å². The number of carbonyl (C=O) groups excluding carboxylic acids is 3. The molecular formula is C21H22N6O4. The molecule has 10 nitrogen and oxygen atoms in total. The van der Waals surface area contributed by atoms with Crippen molar-refractivity contribution in [2.45, 2.75) is 25.6 Å². The molecule has 0 spiro atoms. The lowest BCUT2D eigenvalue weighted by Crippen LogP contribution is -2.46. The fraction of sp³-hybridized carbons (Fsp3) is 0.238. The van der Waals surface area contributed by atoms with Crippen LogP contribution >= 0.6 is 0 Å². The van der Waals surface area contributed by atoms with E-state index in [2.05, 4.69) is 15.5 Å². The molecular weight excluding hydrogens is 400 g/mol. The summed E-state index contributed by atoms with van der Waals surface area (Å²) in [4.78, 5) is 38.5. The first kappa shape index (κ1) is 21.6. The minimum atomic E-state index is -1.27. The number of aromatic nitrogens is 4. The van der Waals surface area contributed by atoms with E-state index in [1.807, 2.05) is 36.4 Å². The van der Waals surface area contributed by atoms with Gasteiger partial charge < -0.3 is 10.5 Å². The Morgan fingerprint density at radius 1 is 1.00 bits per heavy atom. The van der Waals surface area contributed by atoms with Crippen LogP contribution in [0.2, 0.25) is 0 Å². The molecule has 2 N–H and O–H groups in total. The number of Topliss-reactive ketones (excluding diaryl/α,β-unsaturated/α-hetero) is 1. The van der Waals surface area contributed by atoms with Crippen molar-refractivity contribution >= 4 is 17.8 Å². The van der Waals surface area contributed by atoms with Gasteiger partial charge in [-0.25, -0.2) is 9.48 Å². The Kier molecular flexibility index (Phi) is 7.41. The van der Waals surface area contributed by atoms with Crippen LogP contribution in [-0.4, -0.2) is 49.4 Å². The molecule has 3 aromatic rings. The number of nitrogens with zero attached hydrogens (tertiary/aromatic N) is 5. The van der Waals surface area contributed by atoms with Crippen LogP contribution in [0.15, 0.2) is 67.0 Å². The maximum Gasteiger partial charge on any atom is 0.412 e. The maximum absolute atomic E-state index is 13.1. The maximum atomic E-state index is 13.1. The first-order chi connectivity index (χ1) is 15.0. The number of amides is 2. The average molecular weight is 422 g/mol. The molecule has 0 bridgehead atoms. The smallest absolute Gasteiger partial charge is 0.412 e. The summed E-state index contributed by atoms with van der Waals surface area (Å²) in [5.74, 6) is -1.17. The SMILES string of the molecule is NC(=O)CN(C(=O)OCc1ccccc1)C(C(=O)CCc1ccccc1)n1cnnn1. The van der Waals surface area contributed by atoms with Gasteiger partial charge in [-0.1, -0.05) is 60.7 Å². The van der Waals surface area contributed by atoms with Gasteiger partial charge in [0.1, 0.15) is 19.5 Å². The number of nitrogens with two attached hydrogens (primary N) is 1. The third-order valence-electron chi connectivity index (χ3n) is 4.47. The Balaban J connectivity index is 1.79. The summed E-state index contributed by atoms with van der Waals surface area (Å²) in [6.45, 7) is -0.565. The van der Waals surface area contributed by atoms with Crippen LogP contribution in [0, 0.1) is 0 Å². The highest BCUT2D eigenvalue weighted by atomic mass is 16.6. The molecule has 3 rings (SSSR count). The largest absolute Gasteiger partial charge is 0.444 e. The lowest BCUT2D eigenvalue weighted by Gasteiger charge is -2.28. The van der Waals surface area contributed by atoms with Gasteiger partial charge in [0, 0.05) is 6.42 Å². The monoisotopic (exact) mass is 422 g/mol. The van der Waals surface area contributed by atoms with Crippen LogP contribution in [0.25, 0.3) is 0 Å². The van der Waals surface area contributed by atoms with Crippen molar-refractivity contribution in [3.63, 3.8) is 0 Å². The minimum Gasteiger partial charge on any atom is -0.444 e. The Morgan fingerprint density at radius 2 is 1.65 bits per heavy atom. The first-order valence-corrected chi connectivity index (χ1v) is 9.59. The summed E-state index contributed by atoms with van der Waals surface area (Å²) < 4.78 is 6.44. The second-order valence-electron chi connectivity index (χ2n) is 6.75. The summed E-state index contributed by atoms with van der Waals surface area (Å²) in [6, 6.07) is 18.4. The normalized spacial score (nSPS) is 11.5. The lowest BCUT2D eigenvalue weighted by molar-refractivity contribution is -0.129. The van der Waals surface area contributed by atoms with E-state index in [-0.39, 0.29) is 18.8 Å². The number of aryl methyl sites for hydroxylation is 1. The summed E-state index contributed by atoms with van der Waals surface area (Å²) in [6.07, 6.45) is -0.410. The van der Waals surface area contributed by atoms with Crippen molar-refractivity contribution in [2.24, 2.45) is 5.73 Å². The molecule has 2 amide bonds. The average Bonchev–Trinajstić information content (AvgIpc) is 3.31. The molecule has 1 unspecified atom stereocenters. The van der Waals surface area contributed by atoms with E-state index in [0.29, 0.717) is 6.42 Å². The van der Waals surface area contributed by atoms with Gasteiger partial charge in [0.25, 0.3) is 0 Å². The number of rotatable bonds is 10. The molecule has 0 saturated carbocycles. The molecule has 2 aromatic carbocycles. The lowest BCUT2D eigenvalue weighted by atomic mass is 10.1. The standard InChI is InChI=1S/C21H22N6O4/c22-19(29)13-26(21(30)31-14-17-9-5-2-6-10-17)20(27-15-23-24-25-27)18(28)12-11-16-7-3-1-4-8-16/h1-10,15,20H,11-14H2,(H2,22,29). The second kappa shape index (κ2) is 10.6. The summed E-state index contributed by atoms with van der Waals surface area (Å²) >= 11 is 0. The van der Waals surface area contributed by atoms with Gasteiger partial charge >= 0.3 is 6.09 Å². The molecule has 0 radical (unpaired) electrons. The van der Waals surface area contributed by atoms with Gasteiger partial charge in [-0.3, -0.25) is 14.5 Å². The Labute approximate surface area is 178 Å². The summed E-state index contributed by atoms with van der Waals surface area (Å²) in [5.41, 5.74) is 7.05. The van der Waals surface area contributed by atoms with Crippen LogP contribution in [0.4, 0.5) is 4.79 Å². The number of benzene rings is 2. The Hall–Kier alpha value is -4.08. The van der Waals surface area contributed by atoms with Crippen LogP contribution in [-0.2, 0) is 27.4 Å². The fourth-order valence-electron chi connectivity index (χ4n) is 3.01. The predicted molar refractivity (Wildman–Crippen MR) is 109 cm³/mol. The van der Waals surface area contributed by atoms with Crippen molar-refractivity contribution in [3.8, 4) is 0 Å². The molecule has 0 saturated heterocycles. The van der Waals surface area contributed by atoms with Crippen molar-refractivity contribution in [1.29, 1.82) is 0 Å². The summed E-state index contributed by atoms with van der Waals surface area (Å²) in [5, 5.41) is 10.8. The second-order valence-corrected chi connectivity index (χ2v) is 6.75. The van der Waals surface area contributed by atoms with Crippen LogP contribution < -0.4 is 5.73 Å². The Morgan fingerprint density at radius 3 is 2.23 bits per heavy atom. The highest BCUT2D eigenvalue weighted by Crippen LogP contribution is 2.18. The van der Waals surface area contributed by atoms with Gasteiger partial charge in [0.2, 0.25) is 5.91 Å². The molecule has 0 aliphatic heterocycles. The van der Waals surface area contributed by atoms with Crippen LogP contribution in [0.1, 0.15) is 23.7 Å².